The molecule has 4 rings (SSSR count). The van der Waals surface area contributed by atoms with Crippen molar-refractivity contribution in [3.8, 4) is 0 Å². The number of nitrogens with one attached hydrogen (secondary N) is 1. The molecule has 2 aliphatic rings. The van der Waals surface area contributed by atoms with E-state index >= 15 is 0 Å². The van der Waals surface area contributed by atoms with Gasteiger partial charge in [-0.2, -0.15) is 4.31 Å². The molecule has 1 N–H and O–H groups in total. The minimum atomic E-state index is -3.59. The molecule has 2 aromatic rings. The molecule has 1 unspecified atom stereocenters. The number of nitrogens with zero attached hydrogens (tertiary/aromatic N) is 3. The molecule has 7 nitrogen and oxygen atoms in total. The highest BCUT2D eigenvalue weighted by Crippen LogP contribution is 2.29. The largest absolute Gasteiger partial charge is 0.302 e. The van der Waals surface area contributed by atoms with Crippen molar-refractivity contribution in [1.82, 2.24) is 14.2 Å². The quantitative estimate of drug-likeness (QED) is 0.799. The number of carbonyl (C=O) groups is 1. The molecular weight excluding hydrogens is 408 g/mol. The predicted octanol–water partition coefficient (Wildman–Crippen LogP) is 2.48. The Morgan fingerprint density at radius 3 is 2.76 bits per heavy atom. The fraction of sp³-hybridized carbons (Fsp3) is 0.500. The molecule has 0 bridgehead atoms. The number of thiazole rings is 1. The number of hydrogen-bond acceptors (Lipinski definition) is 6. The Kier molecular flexibility index (Phi) is 5.74. The number of carbonyl (C=O) groups excluding carboxylic acids is 1. The molecule has 1 atom stereocenters. The summed E-state index contributed by atoms with van der Waals surface area (Å²) in [4.78, 5) is 21.1. The lowest BCUT2D eigenvalue weighted by Gasteiger charge is -2.31. The molecule has 1 aromatic heterocycles. The zero-order valence-corrected chi connectivity index (χ0v) is 18.4. The van der Waals surface area contributed by atoms with E-state index in [2.05, 4.69) is 22.2 Å². The highest BCUT2D eigenvalue weighted by molar-refractivity contribution is 7.89. The van der Waals surface area contributed by atoms with Gasteiger partial charge in [-0.3, -0.25) is 4.79 Å². The number of amides is 1. The van der Waals surface area contributed by atoms with E-state index in [1.165, 1.54) is 20.5 Å². The SMILES string of the molecule is Cc1ccc(S(=O)(=O)N2CCCC(C(=O)Nc3nc4c(s3)CN(C)CC4)C2)cc1. The van der Waals surface area contributed by atoms with E-state index < -0.39 is 10.0 Å². The third kappa shape index (κ3) is 4.37. The van der Waals surface area contributed by atoms with E-state index in [-0.39, 0.29) is 23.3 Å². The lowest BCUT2D eigenvalue weighted by atomic mass is 9.99. The molecular formula is C20H26N4O3S2. The average molecular weight is 435 g/mol. The summed E-state index contributed by atoms with van der Waals surface area (Å²) in [5.41, 5.74) is 2.08. The van der Waals surface area contributed by atoms with E-state index in [0.29, 0.717) is 24.5 Å². The van der Waals surface area contributed by atoms with Crippen LogP contribution in [0.5, 0.6) is 0 Å². The molecule has 9 heteroatoms. The Labute approximate surface area is 175 Å². The molecule has 1 aromatic carbocycles. The molecule has 1 saturated heterocycles. The second-order valence-corrected chi connectivity index (χ2v) is 10.9. The number of aryl methyl sites for hydroxylation is 1. The predicted molar refractivity (Wildman–Crippen MR) is 113 cm³/mol. The maximum absolute atomic E-state index is 13.0. The van der Waals surface area contributed by atoms with Crippen LogP contribution in [0, 0.1) is 12.8 Å². The molecule has 3 heterocycles. The van der Waals surface area contributed by atoms with E-state index in [0.717, 1.165) is 30.8 Å². The van der Waals surface area contributed by atoms with Crippen molar-refractivity contribution in [3.63, 3.8) is 0 Å². The number of hydrogen-bond donors (Lipinski definition) is 1. The normalized spacial score (nSPS) is 21.0. The summed E-state index contributed by atoms with van der Waals surface area (Å²) in [7, 11) is -1.52. The number of sulfonamides is 1. The molecule has 156 valence electrons. The Hall–Kier alpha value is -1.81. The monoisotopic (exact) mass is 434 g/mol. The lowest BCUT2D eigenvalue weighted by molar-refractivity contribution is -0.120. The zero-order chi connectivity index (χ0) is 20.6. The van der Waals surface area contributed by atoms with Gasteiger partial charge in [-0.25, -0.2) is 13.4 Å². The van der Waals surface area contributed by atoms with Crippen molar-refractivity contribution in [2.75, 3.05) is 32.0 Å². The third-order valence-corrected chi connectivity index (χ3v) is 8.44. The van der Waals surface area contributed by atoms with E-state index in [1.54, 1.807) is 24.3 Å². The van der Waals surface area contributed by atoms with Gasteiger partial charge in [-0.1, -0.05) is 17.7 Å². The van der Waals surface area contributed by atoms with Crippen LogP contribution in [-0.4, -0.2) is 55.2 Å². The van der Waals surface area contributed by atoms with Crippen molar-refractivity contribution in [2.24, 2.45) is 5.92 Å². The summed E-state index contributed by atoms with van der Waals surface area (Å²) < 4.78 is 27.4. The molecule has 1 amide bonds. The van der Waals surface area contributed by atoms with Crippen LogP contribution in [0.15, 0.2) is 29.2 Å². The topological polar surface area (TPSA) is 82.6 Å². The van der Waals surface area contributed by atoms with Gasteiger partial charge in [0.2, 0.25) is 15.9 Å². The second-order valence-electron chi connectivity index (χ2n) is 7.88. The summed E-state index contributed by atoms with van der Waals surface area (Å²) in [6, 6.07) is 6.85. The van der Waals surface area contributed by atoms with Crippen molar-refractivity contribution in [3.05, 3.63) is 40.4 Å². The summed E-state index contributed by atoms with van der Waals surface area (Å²) in [5.74, 6) is -0.513. The van der Waals surface area contributed by atoms with Gasteiger partial charge >= 0.3 is 0 Å². The molecule has 2 aliphatic heterocycles. The van der Waals surface area contributed by atoms with Crippen LogP contribution in [-0.2, 0) is 27.8 Å². The van der Waals surface area contributed by atoms with Crippen LogP contribution in [0.1, 0.15) is 29.0 Å². The Morgan fingerprint density at radius 2 is 2.00 bits per heavy atom. The Bertz CT molecular complexity index is 1000. The smallest absolute Gasteiger partial charge is 0.243 e. The number of fused-ring (bicyclic) bond motifs is 1. The number of anilines is 1. The number of piperidine rings is 1. The first-order valence-corrected chi connectivity index (χ1v) is 12.1. The average Bonchev–Trinajstić information content (AvgIpc) is 3.09. The van der Waals surface area contributed by atoms with Gasteiger partial charge in [0.15, 0.2) is 5.13 Å². The number of aromatic nitrogens is 1. The van der Waals surface area contributed by atoms with Gasteiger partial charge in [0.25, 0.3) is 0 Å². The van der Waals surface area contributed by atoms with Crippen LogP contribution in [0.2, 0.25) is 0 Å². The van der Waals surface area contributed by atoms with Crippen LogP contribution < -0.4 is 5.32 Å². The first-order valence-electron chi connectivity index (χ1n) is 9.88. The van der Waals surface area contributed by atoms with E-state index in [1.807, 2.05) is 6.92 Å². The minimum Gasteiger partial charge on any atom is -0.302 e. The minimum absolute atomic E-state index is 0.145. The van der Waals surface area contributed by atoms with Gasteiger partial charge < -0.3 is 10.2 Å². The summed E-state index contributed by atoms with van der Waals surface area (Å²) in [6.45, 7) is 4.40. The zero-order valence-electron chi connectivity index (χ0n) is 16.7. The standard InChI is InChI=1S/C20H26N4O3S2/c1-14-5-7-16(8-6-14)29(26,27)24-10-3-4-15(12-24)19(25)22-20-21-17-9-11-23(2)13-18(17)28-20/h5-8,15H,3-4,9-13H2,1-2H3,(H,21,22,25). The van der Waals surface area contributed by atoms with Crippen molar-refractivity contribution in [1.29, 1.82) is 0 Å². The highest BCUT2D eigenvalue weighted by Gasteiger charge is 2.33. The van der Waals surface area contributed by atoms with Crippen LogP contribution in [0.25, 0.3) is 0 Å². The van der Waals surface area contributed by atoms with Gasteiger partial charge in [0.1, 0.15) is 0 Å². The van der Waals surface area contributed by atoms with Gasteiger partial charge in [-0.05, 0) is 38.9 Å². The summed E-state index contributed by atoms with van der Waals surface area (Å²) in [5, 5.41) is 3.55. The fourth-order valence-corrected chi connectivity index (χ4v) is 6.43. The highest BCUT2D eigenvalue weighted by atomic mass is 32.2. The lowest BCUT2D eigenvalue weighted by Crippen LogP contribution is -2.43. The van der Waals surface area contributed by atoms with Crippen molar-refractivity contribution >= 4 is 32.4 Å². The number of likely N-dealkylation sites (N-methyl/N-ethyl adjacent to an activating group) is 1. The van der Waals surface area contributed by atoms with Crippen LogP contribution in [0.3, 0.4) is 0 Å². The number of benzene rings is 1. The molecule has 29 heavy (non-hydrogen) atoms. The molecule has 0 saturated carbocycles. The Morgan fingerprint density at radius 1 is 1.24 bits per heavy atom. The summed E-state index contributed by atoms with van der Waals surface area (Å²) in [6.07, 6.45) is 2.24. The van der Waals surface area contributed by atoms with Gasteiger partial charge in [0.05, 0.1) is 16.5 Å². The van der Waals surface area contributed by atoms with Gasteiger partial charge in [0, 0.05) is 37.5 Å². The number of rotatable bonds is 4. The third-order valence-electron chi connectivity index (χ3n) is 5.57. The Balaban J connectivity index is 1.44. The fourth-order valence-electron chi connectivity index (χ4n) is 3.82. The maximum Gasteiger partial charge on any atom is 0.243 e. The van der Waals surface area contributed by atoms with Crippen LogP contribution >= 0.6 is 11.3 Å². The summed E-state index contributed by atoms with van der Waals surface area (Å²) >= 11 is 1.52. The molecule has 0 aliphatic carbocycles. The van der Waals surface area contributed by atoms with Crippen molar-refractivity contribution < 1.29 is 13.2 Å². The first-order chi connectivity index (χ1) is 13.8. The molecule has 0 spiro atoms. The van der Waals surface area contributed by atoms with E-state index in [9.17, 15) is 13.2 Å². The van der Waals surface area contributed by atoms with Gasteiger partial charge in [-0.15, -0.1) is 11.3 Å². The van der Waals surface area contributed by atoms with Crippen molar-refractivity contribution in [2.45, 2.75) is 37.6 Å². The van der Waals surface area contributed by atoms with Crippen LogP contribution in [0.4, 0.5) is 5.13 Å². The second kappa shape index (κ2) is 8.14. The molecule has 1 fully saturated rings. The van der Waals surface area contributed by atoms with E-state index in [4.69, 9.17) is 0 Å². The maximum atomic E-state index is 13.0. The first kappa shape index (κ1) is 20.5. The molecule has 0 radical (unpaired) electrons.